The molecule has 0 unspecified atom stereocenters. The zero-order chi connectivity index (χ0) is 15.8. The van der Waals surface area contributed by atoms with Crippen LogP contribution >= 0.6 is 24.8 Å². The van der Waals surface area contributed by atoms with E-state index in [1.807, 2.05) is 24.3 Å². The molecule has 1 aromatic rings. The molecule has 1 aliphatic rings. The molecule has 0 radical (unpaired) electrons. The summed E-state index contributed by atoms with van der Waals surface area (Å²) in [6.45, 7) is 7.20. The fraction of sp³-hybridized carbons (Fsp3) is 0.562. The average molecular weight is 380 g/mol. The summed E-state index contributed by atoms with van der Waals surface area (Å²) in [7, 11) is 0. The van der Waals surface area contributed by atoms with Crippen LogP contribution < -0.4 is 15.8 Å². The largest absolute Gasteiger partial charge is 0.492 e. The topological polar surface area (TPSA) is 76.8 Å². The Bertz CT molecular complexity index is 483. The van der Waals surface area contributed by atoms with E-state index in [0.717, 1.165) is 44.2 Å². The second kappa shape index (κ2) is 12.3. The number of nitrogens with one attached hydrogen (secondary N) is 1. The van der Waals surface area contributed by atoms with E-state index in [-0.39, 0.29) is 30.7 Å². The van der Waals surface area contributed by atoms with Gasteiger partial charge < -0.3 is 20.5 Å². The molecule has 6 nitrogen and oxygen atoms in total. The van der Waals surface area contributed by atoms with Gasteiger partial charge in [0.05, 0.1) is 19.3 Å². The number of ether oxygens (including phenoxy) is 2. The lowest BCUT2D eigenvalue weighted by atomic mass is 10.2. The van der Waals surface area contributed by atoms with Crippen LogP contribution in [0.2, 0.25) is 0 Å². The van der Waals surface area contributed by atoms with Gasteiger partial charge in [0.2, 0.25) is 5.91 Å². The molecule has 0 aliphatic carbocycles. The van der Waals surface area contributed by atoms with Crippen LogP contribution in [0.15, 0.2) is 24.3 Å². The van der Waals surface area contributed by atoms with Crippen molar-refractivity contribution in [3.8, 4) is 5.75 Å². The van der Waals surface area contributed by atoms with Crippen LogP contribution in [-0.4, -0.2) is 56.3 Å². The van der Waals surface area contributed by atoms with Gasteiger partial charge in [0.1, 0.15) is 12.4 Å². The van der Waals surface area contributed by atoms with Crippen LogP contribution in [-0.2, 0) is 16.1 Å². The van der Waals surface area contributed by atoms with Crippen LogP contribution in [0.3, 0.4) is 0 Å². The molecule has 2 rings (SSSR count). The van der Waals surface area contributed by atoms with Gasteiger partial charge in [0.25, 0.3) is 0 Å². The average Bonchev–Trinajstić information content (AvgIpc) is 2.54. The first-order valence-electron chi connectivity index (χ1n) is 7.70. The van der Waals surface area contributed by atoms with E-state index in [1.165, 1.54) is 0 Å². The summed E-state index contributed by atoms with van der Waals surface area (Å²) >= 11 is 0. The lowest BCUT2D eigenvalue weighted by Crippen LogP contribution is -2.38. The van der Waals surface area contributed by atoms with Crippen molar-refractivity contribution in [2.24, 2.45) is 5.73 Å². The van der Waals surface area contributed by atoms with Crippen molar-refractivity contribution in [2.75, 3.05) is 39.5 Å². The number of carbonyl (C=O) groups is 1. The minimum atomic E-state index is -0.493. The van der Waals surface area contributed by atoms with Gasteiger partial charge in [0, 0.05) is 26.2 Å². The fourth-order valence-corrected chi connectivity index (χ4v) is 2.21. The number of halogens is 2. The maximum Gasteiger partial charge on any atom is 0.236 e. The molecule has 1 saturated heterocycles. The Morgan fingerprint density at radius 3 is 2.75 bits per heavy atom. The maximum absolute atomic E-state index is 11.5. The molecule has 0 bridgehead atoms. The summed E-state index contributed by atoms with van der Waals surface area (Å²) in [5.41, 5.74) is 6.51. The van der Waals surface area contributed by atoms with Gasteiger partial charge in [-0.1, -0.05) is 12.1 Å². The normalized spacial score (nSPS) is 15.6. The van der Waals surface area contributed by atoms with Gasteiger partial charge in [-0.05, 0) is 24.6 Å². The van der Waals surface area contributed by atoms with Crippen molar-refractivity contribution in [3.05, 3.63) is 29.8 Å². The molecule has 0 aromatic heterocycles. The smallest absolute Gasteiger partial charge is 0.236 e. The summed E-state index contributed by atoms with van der Waals surface area (Å²) < 4.78 is 11.1. The zero-order valence-corrected chi connectivity index (χ0v) is 15.5. The number of benzene rings is 1. The molecule has 8 heteroatoms. The number of hydrogen-bond donors (Lipinski definition) is 2. The van der Waals surface area contributed by atoms with E-state index in [4.69, 9.17) is 15.2 Å². The van der Waals surface area contributed by atoms with Gasteiger partial charge in [-0.3, -0.25) is 9.69 Å². The van der Waals surface area contributed by atoms with E-state index >= 15 is 0 Å². The van der Waals surface area contributed by atoms with Crippen molar-refractivity contribution >= 4 is 30.7 Å². The summed E-state index contributed by atoms with van der Waals surface area (Å²) in [5, 5.41) is 2.79. The van der Waals surface area contributed by atoms with Crippen molar-refractivity contribution in [1.29, 1.82) is 0 Å². The Kier molecular flexibility index (Phi) is 11.8. The van der Waals surface area contributed by atoms with Crippen molar-refractivity contribution in [2.45, 2.75) is 19.5 Å². The van der Waals surface area contributed by atoms with Crippen LogP contribution in [0.25, 0.3) is 0 Å². The van der Waals surface area contributed by atoms with Gasteiger partial charge in [-0.25, -0.2) is 0 Å². The third-order valence-corrected chi connectivity index (χ3v) is 3.56. The zero-order valence-electron chi connectivity index (χ0n) is 13.9. The first-order valence-corrected chi connectivity index (χ1v) is 7.70. The quantitative estimate of drug-likeness (QED) is 0.744. The molecule has 1 fully saturated rings. The van der Waals surface area contributed by atoms with Crippen molar-refractivity contribution in [3.63, 3.8) is 0 Å². The third kappa shape index (κ3) is 8.17. The molecule has 1 atom stereocenters. The fourth-order valence-electron chi connectivity index (χ4n) is 2.21. The van der Waals surface area contributed by atoms with E-state index in [1.54, 1.807) is 6.92 Å². The van der Waals surface area contributed by atoms with Crippen LogP contribution in [0.5, 0.6) is 5.75 Å². The number of nitrogens with zero attached hydrogens (tertiary/aromatic N) is 1. The van der Waals surface area contributed by atoms with Gasteiger partial charge in [0.15, 0.2) is 0 Å². The minimum absolute atomic E-state index is 0. The molecule has 1 aliphatic heterocycles. The number of carbonyl (C=O) groups excluding carboxylic acids is 1. The Morgan fingerprint density at radius 2 is 2.08 bits per heavy atom. The molecule has 1 amide bonds. The number of rotatable bonds is 7. The van der Waals surface area contributed by atoms with Crippen molar-refractivity contribution in [1.82, 2.24) is 10.2 Å². The number of amides is 1. The van der Waals surface area contributed by atoms with E-state index in [2.05, 4.69) is 10.2 Å². The summed E-state index contributed by atoms with van der Waals surface area (Å²) in [6.07, 6.45) is 0. The summed E-state index contributed by atoms with van der Waals surface area (Å²) in [4.78, 5) is 13.8. The Labute approximate surface area is 155 Å². The minimum Gasteiger partial charge on any atom is -0.492 e. The lowest BCUT2D eigenvalue weighted by molar-refractivity contribution is -0.122. The van der Waals surface area contributed by atoms with Crippen LogP contribution in [0.1, 0.15) is 12.5 Å². The van der Waals surface area contributed by atoms with Crippen LogP contribution in [0, 0.1) is 0 Å². The molecular formula is C16H27Cl2N3O3. The molecule has 0 spiro atoms. The second-order valence-electron chi connectivity index (χ2n) is 5.46. The van der Waals surface area contributed by atoms with Gasteiger partial charge in [-0.15, -0.1) is 24.8 Å². The second-order valence-corrected chi connectivity index (χ2v) is 5.46. The van der Waals surface area contributed by atoms with Crippen LogP contribution in [0.4, 0.5) is 0 Å². The first kappa shape index (κ1) is 22.9. The predicted molar refractivity (Wildman–Crippen MR) is 99.2 cm³/mol. The van der Waals surface area contributed by atoms with E-state index < -0.39 is 6.04 Å². The summed E-state index contributed by atoms with van der Waals surface area (Å²) in [6, 6.07) is 7.26. The molecule has 24 heavy (non-hydrogen) atoms. The monoisotopic (exact) mass is 379 g/mol. The molecule has 138 valence electrons. The lowest BCUT2D eigenvalue weighted by Gasteiger charge is -2.26. The molecule has 1 aromatic carbocycles. The SMILES string of the molecule is C[C@@H](N)C(=O)NCc1cccc(OCCN2CCOCC2)c1.Cl.Cl. The van der Waals surface area contributed by atoms with E-state index in [0.29, 0.717) is 13.2 Å². The predicted octanol–water partition coefficient (Wildman–Crippen LogP) is 1.20. The highest BCUT2D eigenvalue weighted by atomic mass is 35.5. The first-order chi connectivity index (χ1) is 10.6. The van der Waals surface area contributed by atoms with Crippen molar-refractivity contribution < 1.29 is 14.3 Å². The highest BCUT2D eigenvalue weighted by molar-refractivity contribution is 5.85. The standard InChI is InChI=1S/C16H25N3O3.2ClH/c1-13(17)16(20)18-12-14-3-2-4-15(11-14)22-10-7-19-5-8-21-9-6-19;;/h2-4,11,13H,5-10,12,17H2,1H3,(H,18,20);2*1H/t13-;;/m1../s1. The Hall–Kier alpha value is -1.05. The Morgan fingerprint density at radius 1 is 1.38 bits per heavy atom. The number of morpholine rings is 1. The number of nitrogens with two attached hydrogens (primary N) is 1. The molecule has 0 saturated carbocycles. The Balaban J connectivity index is 0.00000264. The molecular weight excluding hydrogens is 353 g/mol. The highest BCUT2D eigenvalue weighted by Crippen LogP contribution is 2.13. The van der Waals surface area contributed by atoms with Gasteiger partial charge in [-0.2, -0.15) is 0 Å². The summed E-state index contributed by atoms with van der Waals surface area (Å²) in [5.74, 6) is 0.666. The maximum atomic E-state index is 11.5. The van der Waals surface area contributed by atoms with E-state index in [9.17, 15) is 4.79 Å². The highest BCUT2D eigenvalue weighted by Gasteiger charge is 2.10. The molecule has 1 heterocycles. The van der Waals surface area contributed by atoms with Gasteiger partial charge >= 0.3 is 0 Å². The molecule has 3 N–H and O–H groups in total. The third-order valence-electron chi connectivity index (χ3n) is 3.56. The number of hydrogen-bond acceptors (Lipinski definition) is 5.